The van der Waals surface area contributed by atoms with Crippen LogP contribution >= 0.6 is 15.6 Å². The second-order valence-corrected chi connectivity index (χ2v) is 31.0. The predicted molar refractivity (Wildman–Crippen MR) is 400 cm³/mol. The first-order chi connectivity index (χ1) is 47.7. The molecule has 580 valence electrons. The Morgan fingerprint density at radius 2 is 0.469 bits per heavy atom. The Morgan fingerprint density at radius 3 is 0.704 bits per heavy atom. The fourth-order valence-corrected chi connectivity index (χ4v) is 13.6. The van der Waals surface area contributed by atoms with Gasteiger partial charge in [0.2, 0.25) is 0 Å². The fraction of sp³-hybridized carbons (Fsp3) is 0.924. The van der Waals surface area contributed by atoms with Gasteiger partial charge >= 0.3 is 39.5 Å². The first-order valence-corrected chi connectivity index (χ1v) is 43.9. The van der Waals surface area contributed by atoms with Crippen LogP contribution in [-0.2, 0) is 65.4 Å². The number of unbranched alkanes of at least 4 members (excludes halogenated alkanes) is 51. The van der Waals surface area contributed by atoms with Crippen LogP contribution < -0.4 is 0 Å². The van der Waals surface area contributed by atoms with Crippen molar-refractivity contribution in [2.75, 3.05) is 39.6 Å². The van der Waals surface area contributed by atoms with E-state index in [-0.39, 0.29) is 25.7 Å². The van der Waals surface area contributed by atoms with Crippen LogP contribution in [-0.4, -0.2) is 96.7 Å². The van der Waals surface area contributed by atoms with E-state index in [0.29, 0.717) is 25.7 Å². The third-order valence-corrected chi connectivity index (χ3v) is 20.2. The summed E-state index contributed by atoms with van der Waals surface area (Å²) in [6.07, 6.45) is 66.1. The number of aliphatic hydroxyl groups is 1. The van der Waals surface area contributed by atoms with Crippen molar-refractivity contribution in [3.05, 3.63) is 12.2 Å². The molecule has 0 bridgehead atoms. The number of carbonyl (C=O) groups excluding carboxylic acids is 4. The molecule has 0 spiro atoms. The Bertz CT molecular complexity index is 1910. The van der Waals surface area contributed by atoms with Crippen LogP contribution in [0.3, 0.4) is 0 Å². The van der Waals surface area contributed by atoms with Crippen molar-refractivity contribution in [2.24, 2.45) is 0 Å². The van der Waals surface area contributed by atoms with Gasteiger partial charge in [-0.2, -0.15) is 0 Å². The number of allylic oxidation sites excluding steroid dienone is 2. The minimum Gasteiger partial charge on any atom is -0.462 e. The molecule has 0 aromatic heterocycles. The summed E-state index contributed by atoms with van der Waals surface area (Å²) in [5, 5.41) is 10.6. The first kappa shape index (κ1) is 95.8. The molecule has 0 aromatic carbocycles. The van der Waals surface area contributed by atoms with E-state index in [0.717, 1.165) is 109 Å². The zero-order valence-electron chi connectivity index (χ0n) is 63.5. The number of phosphoric acid groups is 2. The highest BCUT2D eigenvalue weighted by molar-refractivity contribution is 7.47. The minimum atomic E-state index is -4.96. The molecule has 0 heterocycles. The Hall–Kier alpha value is -2.20. The van der Waals surface area contributed by atoms with Crippen LogP contribution in [0.1, 0.15) is 413 Å². The molecule has 0 rings (SSSR count). The van der Waals surface area contributed by atoms with E-state index >= 15 is 0 Å². The van der Waals surface area contributed by atoms with Crippen LogP contribution in [0, 0.1) is 0 Å². The molecule has 0 radical (unpaired) electrons. The maximum absolute atomic E-state index is 13.1. The summed E-state index contributed by atoms with van der Waals surface area (Å²) >= 11 is 0. The Kier molecular flexibility index (Phi) is 71.5. The summed E-state index contributed by atoms with van der Waals surface area (Å²) < 4.78 is 68.7. The lowest BCUT2D eigenvalue weighted by atomic mass is 10.0. The van der Waals surface area contributed by atoms with Crippen LogP contribution in [0.4, 0.5) is 0 Å². The topological polar surface area (TPSA) is 237 Å². The number of carbonyl (C=O) groups is 4. The lowest BCUT2D eigenvalue weighted by molar-refractivity contribution is -0.161. The van der Waals surface area contributed by atoms with Gasteiger partial charge in [-0.05, 0) is 51.4 Å². The van der Waals surface area contributed by atoms with E-state index in [4.69, 9.17) is 37.0 Å². The number of phosphoric ester groups is 2. The fourth-order valence-electron chi connectivity index (χ4n) is 12.0. The summed E-state index contributed by atoms with van der Waals surface area (Å²) in [5.41, 5.74) is 0. The molecule has 0 saturated carbocycles. The summed E-state index contributed by atoms with van der Waals surface area (Å²) in [7, 11) is -9.92. The summed E-state index contributed by atoms with van der Waals surface area (Å²) in [4.78, 5) is 73.0. The van der Waals surface area contributed by atoms with Gasteiger partial charge in [0.25, 0.3) is 0 Å². The molecule has 0 aromatic rings. The molecule has 19 heteroatoms. The van der Waals surface area contributed by atoms with E-state index in [1.807, 2.05) is 0 Å². The Balaban J connectivity index is 5.28. The van der Waals surface area contributed by atoms with E-state index < -0.39 is 97.5 Å². The zero-order chi connectivity index (χ0) is 71.8. The minimum absolute atomic E-state index is 0.105. The zero-order valence-corrected chi connectivity index (χ0v) is 65.3. The van der Waals surface area contributed by atoms with E-state index in [1.54, 1.807) is 0 Å². The molecular weight excluding hydrogens is 1280 g/mol. The normalized spacial score (nSPS) is 13.9. The highest BCUT2D eigenvalue weighted by Gasteiger charge is 2.30. The summed E-state index contributed by atoms with van der Waals surface area (Å²) in [6, 6.07) is 0. The second-order valence-electron chi connectivity index (χ2n) is 28.1. The molecular formula is C79H152O17P2. The van der Waals surface area contributed by atoms with Crippen molar-refractivity contribution in [1.29, 1.82) is 0 Å². The van der Waals surface area contributed by atoms with Gasteiger partial charge in [-0.25, -0.2) is 9.13 Å². The van der Waals surface area contributed by atoms with Gasteiger partial charge in [-0.3, -0.25) is 37.3 Å². The number of aliphatic hydroxyl groups excluding tert-OH is 1. The van der Waals surface area contributed by atoms with Gasteiger partial charge in [0, 0.05) is 25.7 Å². The maximum Gasteiger partial charge on any atom is 0.472 e. The third-order valence-electron chi connectivity index (χ3n) is 18.3. The number of ether oxygens (including phenoxy) is 4. The van der Waals surface area contributed by atoms with E-state index in [1.165, 1.54) is 225 Å². The average molecular weight is 1440 g/mol. The molecule has 5 unspecified atom stereocenters. The van der Waals surface area contributed by atoms with Crippen molar-refractivity contribution in [3.8, 4) is 0 Å². The van der Waals surface area contributed by atoms with Crippen molar-refractivity contribution in [3.63, 3.8) is 0 Å². The standard InChI is InChI=1S/C79H152O17P2/c1-5-9-13-17-21-25-29-33-36-40-43-47-51-55-59-63-76(81)89-69-74(95-78(83)65-61-57-53-49-45-39-32-28-24-20-16-12-8-4)71-93-97(85,86)91-67-73(80)68-92-98(87,88)94-72-75(96-79(84)66-62-58-54-50-46-42-38-35-31-27-23-19-15-11-7-3)70-90-77(82)64-60-56-52-48-44-41-37-34-30-26-22-18-14-10-6-2/h34,37,73-75,80H,5-33,35-36,38-72H2,1-4H3,(H,85,86)(H,87,88)/b37-34-. The van der Waals surface area contributed by atoms with Crippen molar-refractivity contribution >= 4 is 39.5 Å². The summed E-state index contributed by atoms with van der Waals surface area (Å²) in [5.74, 6) is -2.12. The van der Waals surface area contributed by atoms with E-state index in [9.17, 15) is 43.2 Å². The molecule has 0 fully saturated rings. The van der Waals surface area contributed by atoms with Gasteiger partial charge < -0.3 is 33.8 Å². The number of hydrogen-bond donors (Lipinski definition) is 3. The number of hydrogen-bond acceptors (Lipinski definition) is 15. The van der Waals surface area contributed by atoms with Crippen LogP contribution in [0.5, 0.6) is 0 Å². The largest absolute Gasteiger partial charge is 0.472 e. The highest BCUT2D eigenvalue weighted by atomic mass is 31.2. The molecule has 0 saturated heterocycles. The van der Waals surface area contributed by atoms with Crippen LogP contribution in [0.15, 0.2) is 12.2 Å². The first-order valence-electron chi connectivity index (χ1n) is 40.9. The van der Waals surface area contributed by atoms with Gasteiger partial charge in [-0.1, -0.05) is 348 Å². The second kappa shape index (κ2) is 73.1. The predicted octanol–water partition coefficient (Wildman–Crippen LogP) is 23.6. The summed E-state index contributed by atoms with van der Waals surface area (Å²) in [6.45, 7) is 4.99. The SMILES string of the molecule is CCCCCCCC/C=C\CCCCCCCC(=O)OCC(COP(=O)(O)OCC(O)COP(=O)(O)OCC(COC(=O)CCCCCCCCCCCCCCCCC)OC(=O)CCCCCCCCCCCCCCC)OC(=O)CCCCCCCCCCCCCCCCC. The average Bonchev–Trinajstić information content (AvgIpc) is 1.04. The maximum atomic E-state index is 13.1. The van der Waals surface area contributed by atoms with Crippen molar-refractivity contribution < 1.29 is 80.2 Å². The highest BCUT2D eigenvalue weighted by Crippen LogP contribution is 2.45. The molecule has 0 aliphatic heterocycles. The Morgan fingerprint density at radius 1 is 0.276 bits per heavy atom. The van der Waals surface area contributed by atoms with Crippen molar-refractivity contribution in [1.82, 2.24) is 0 Å². The molecule has 0 aliphatic carbocycles. The molecule has 98 heavy (non-hydrogen) atoms. The van der Waals surface area contributed by atoms with E-state index in [2.05, 4.69) is 39.8 Å². The van der Waals surface area contributed by atoms with Gasteiger partial charge in [-0.15, -0.1) is 0 Å². The molecule has 3 N–H and O–H groups in total. The van der Waals surface area contributed by atoms with Crippen LogP contribution in [0.25, 0.3) is 0 Å². The monoisotopic (exact) mass is 1440 g/mol. The van der Waals surface area contributed by atoms with Gasteiger partial charge in [0.15, 0.2) is 12.2 Å². The van der Waals surface area contributed by atoms with Crippen LogP contribution in [0.2, 0.25) is 0 Å². The molecule has 17 nitrogen and oxygen atoms in total. The van der Waals surface area contributed by atoms with Gasteiger partial charge in [0.1, 0.15) is 19.3 Å². The third kappa shape index (κ3) is 72.2. The number of rotatable bonds is 79. The lowest BCUT2D eigenvalue weighted by Gasteiger charge is -2.21. The molecule has 0 aliphatic rings. The van der Waals surface area contributed by atoms with Gasteiger partial charge in [0.05, 0.1) is 26.4 Å². The Labute approximate surface area is 600 Å². The number of esters is 4. The molecule has 5 atom stereocenters. The smallest absolute Gasteiger partial charge is 0.462 e. The quantitative estimate of drug-likeness (QED) is 0.0169. The molecule has 0 amide bonds. The lowest BCUT2D eigenvalue weighted by Crippen LogP contribution is -2.30. The van der Waals surface area contributed by atoms with Crippen molar-refractivity contribution in [2.45, 2.75) is 431 Å².